The number of nitrogens with two attached hydrogens (primary N) is 1. The van der Waals surface area contributed by atoms with Gasteiger partial charge in [0.25, 0.3) is 0 Å². The van der Waals surface area contributed by atoms with Gasteiger partial charge >= 0.3 is 0 Å². The van der Waals surface area contributed by atoms with E-state index >= 15 is 0 Å². The molecule has 2 aromatic rings. The summed E-state index contributed by atoms with van der Waals surface area (Å²) in [5, 5.41) is 19.7. The molecular formula is C12H16N4O4. The predicted octanol–water partition coefficient (Wildman–Crippen LogP) is -0.337. The molecule has 1 saturated heterocycles. The molecule has 0 spiro atoms. The average Bonchev–Trinajstić information content (AvgIpc) is 3.00. The minimum atomic E-state index is -0.705. The van der Waals surface area contributed by atoms with E-state index in [0.29, 0.717) is 23.3 Å². The molecule has 8 heteroatoms. The molecule has 2 aromatic heterocycles. The van der Waals surface area contributed by atoms with Crippen molar-refractivity contribution in [3.05, 3.63) is 12.3 Å². The zero-order valence-corrected chi connectivity index (χ0v) is 10.9. The van der Waals surface area contributed by atoms with Crippen LogP contribution in [0.2, 0.25) is 0 Å². The normalized spacial score (nSPS) is 26.2. The standard InChI is InChI=1S/C12H16N4O4/c1-19-11-6-2-3-16(10(6)14-12(13)15-11)9-4-7(18)8(5-17)20-9/h2-3,7-9,17-18H,4-5H2,1H3,(H2,13,14,15). The van der Waals surface area contributed by atoms with E-state index in [0.717, 1.165) is 0 Å². The van der Waals surface area contributed by atoms with Crippen LogP contribution in [-0.2, 0) is 4.74 Å². The summed E-state index contributed by atoms with van der Waals surface area (Å²) in [6.45, 7) is -0.225. The molecule has 108 valence electrons. The number of aromatic nitrogens is 3. The van der Waals surface area contributed by atoms with E-state index in [1.807, 2.05) is 0 Å². The summed E-state index contributed by atoms with van der Waals surface area (Å²) < 4.78 is 12.5. The minimum Gasteiger partial charge on any atom is -0.480 e. The lowest BCUT2D eigenvalue weighted by molar-refractivity contribution is -0.0430. The van der Waals surface area contributed by atoms with Crippen molar-refractivity contribution in [1.82, 2.24) is 14.5 Å². The van der Waals surface area contributed by atoms with Gasteiger partial charge in [-0.05, 0) is 6.07 Å². The molecule has 20 heavy (non-hydrogen) atoms. The maximum atomic E-state index is 9.81. The Bertz CT molecular complexity index is 629. The quantitative estimate of drug-likeness (QED) is 0.704. The molecule has 1 aliphatic rings. The highest BCUT2D eigenvalue weighted by molar-refractivity contribution is 5.82. The number of aliphatic hydroxyl groups excluding tert-OH is 2. The lowest BCUT2D eigenvalue weighted by atomic mass is 10.2. The fourth-order valence-corrected chi connectivity index (χ4v) is 2.46. The van der Waals surface area contributed by atoms with E-state index < -0.39 is 18.4 Å². The fraction of sp³-hybridized carbons (Fsp3) is 0.500. The maximum Gasteiger partial charge on any atom is 0.227 e. The number of anilines is 1. The Morgan fingerprint density at radius 3 is 3.00 bits per heavy atom. The summed E-state index contributed by atoms with van der Waals surface area (Å²) in [5.41, 5.74) is 6.24. The van der Waals surface area contributed by atoms with Crippen molar-refractivity contribution in [2.45, 2.75) is 24.9 Å². The topological polar surface area (TPSA) is 116 Å². The van der Waals surface area contributed by atoms with E-state index in [1.54, 1.807) is 16.8 Å². The number of hydrogen-bond acceptors (Lipinski definition) is 7. The van der Waals surface area contributed by atoms with Crippen LogP contribution in [-0.4, -0.2) is 50.7 Å². The Morgan fingerprint density at radius 1 is 1.55 bits per heavy atom. The summed E-state index contributed by atoms with van der Waals surface area (Å²) in [4.78, 5) is 8.20. The molecule has 0 radical (unpaired) electrons. The first kappa shape index (κ1) is 13.1. The van der Waals surface area contributed by atoms with Crippen LogP contribution in [0, 0.1) is 0 Å². The number of aliphatic hydroxyl groups is 2. The number of ether oxygens (including phenoxy) is 2. The van der Waals surface area contributed by atoms with Gasteiger partial charge in [0.1, 0.15) is 12.3 Å². The molecule has 0 aliphatic carbocycles. The number of hydrogen-bond donors (Lipinski definition) is 3. The van der Waals surface area contributed by atoms with Crippen molar-refractivity contribution in [2.24, 2.45) is 0 Å². The van der Waals surface area contributed by atoms with E-state index in [2.05, 4.69) is 9.97 Å². The molecule has 0 saturated carbocycles. The maximum absolute atomic E-state index is 9.81. The summed E-state index contributed by atoms with van der Waals surface area (Å²) in [6.07, 6.45) is 0.459. The van der Waals surface area contributed by atoms with Crippen LogP contribution in [0.4, 0.5) is 5.95 Å². The lowest BCUT2D eigenvalue weighted by Gasteiger charge is -2.14. The third-order valence-corrected chi connectivity index (χ3v) is 3.44. The molecule has 0 bridgehead atoms. The van der Waals surface area contributed by atoms with Gasteiger partial charge in [-0.25, -0.2) is 0 Å². The first-order chi connectivity index (χ1) is 9.63. The number of rotatable bonds is 3. The van der Waals surface area contributed by atoms with Crippen molar-refractivity contribution in [3.63, 3.8) is 0 Å². The molecule has 0 aromatic carbocycles. The Kier molecular flexibility index (Phi) is 3.20. The molecule has 3 unspecified atom stereocenters. The molecule has 3 atom stereocenters. The Morgan fingerprint density at radius 2 is 2.35 bits per heavy atom. The zero-order chi connectivity index (χ0) is 14.3. The van der Waals surface area contributed by atoms with Gasteiger partial charge < -0.3 is 30.0 Å². The van der Waals surface area contributed by atoms with Gasteiger partial charge in [0.05, 0.1) is 25.2 Å². The van der Waals surface area contributed by atoms with Gasteiger partial charge in [0.15, 0.2) is 5.65 Å². The summed E-state index contributed by atoms with van der Waals surface area (Å²) in [6, 6.07) is 1.80. The number of nitrogens with zero attached hydrogens (tertiary/aromatic N) is 3. The van der Waals surface area contributed by atoms with Crippen LogP contribution in [0.15, 0.2) is 12.3 Å². The van der Waals surface area contributed by atoms with Gasteiger partial charge in [-0.1, -0.05) is 0 Å². The van der Waals surface area contributed by atoms with E-state index in [4.69, 9.17) is 20.3 Å². The first-order valence-electron chi connectivity index (χ1n) is 6.26. The van der Waals surface area contributed by atoms with Gasteiger partial charge in [0, 0.05) is 12.6 Å². The SMILES string of the molecule is COc1nc(N)nc2c1ccn2C1CC(O)C(CO)O1. The number of methoxy groups -OCH3 is 1. The molecular weight excluding hydrogens is 264 g/mol. The monoisotopic (exact) mass is 280 g/mol. The van der Waals surface area contributed by atoms with Crippen molar-refractivity contribution < 1.29 is 19.7 Å². The molecule has 1 fully saturated rings. The molecule has 4 N–H and O–H groups in total. The van der Waals surface area contributed by atoms with Gasteiger partial charge in [-0.3, -0.25) is 0 Å². The van der Waals surface area contributed by atoms with Crippen LogP contribution >= 0.6 is 0 Å². The number of nitrogen functional groups attached to an aromatic ring is 1. The Balaban J connectivity index is 2.03. The summed E-state index contributed by atoms with van der Waals surface area (Å²) >= 11 is 0. The van der Waals surface area contributed by atoms with E-state index in [9.17, 15) is 5.11 Å². The highest BCUT2D eigenvalue weighted by Gasteiger charge is 2.35. The third kappa shape index (κ3) is 1.98. The van der Waals surface area contributed by atoms with Crippen LogP contribution in [0.1, 0.15) is 12.6 Å². The Hall–Kier alpha value is -1.90. The summed E-state index contributed by atoms with van der Waals surface area (Å²) in [5.74, 6) is 0.495. The van der Waals surface area contributed by atoms with Gasteiger partial charge in [0.2, 0.25) is 11.8 Å². The van der Waals surface area contributed by atoms with Crippen molar-refractivity contribution >= 4 is 17.0 Å². The molecule has 1 aliphatic heterocycles. The Labute approximate surface area is 114 Å². The molecule has 3 heterocycles. The van der Waals surface area contributed by atoms with E-state index in [-0.39, 0.29) is 12.6 Å². The highest BCUT2D eigenvalue weighted by Crippen LogP contribution is 2.33. The third-order valence-electron chi connectivity index (χ3n) is 3.44. The van der Waals surface area contributed by atoms with Crippen LogP contribution in [0.25, 0.3) is 11.0 Å². The smallest absolute Gasteiger partial charge is 0.227 e. The first-order valence-corrected chi connectivity index (χ1v) is 6.26. The lowest BCUT2D eigenvalue weighted by Crippen LogP contribution is -2.24. The average molecular weight is 280 g/mol. The second kappa shape index (κ2) is 4.89. The van der Waals surface area contributed by atoms with Crippen molar-refractivity contribution in [2.75, 3.05) is 19.5 Å². The molecule has 0 amide bonds. The van der Waals surface area contributed by atoms with Crippen LogP contribution < -0.4 is 10.5 Å². The van der Waals surface area contributed by atoms with Crippen molar-refractivity contribution in [1.29, 1.82) is 0 Å². The van der Waals surface area contributed by atoms with Gasteiger partial charge in [-0.2, -0.15) is 9.97 Å². The highest BCUT2D eigenvalue weighted by atomic mass is 16.5. The second-order valence-corrected chi connectivity index (χ2v) is 4.67. The summed E-state index contributed by atoms with van der Waals surface area (Å²) in [7, 11) is 1.51. The van der Waals surface area contributed by atoms with Crippen LogP contribution in [0.3, 0.4) is 0 Å². The molecule has 8 nitrogen and oxygen atoms in total. The zero-order valence-electron chi connectivity index (χ0n) is 10.9. The van der Waals surface area contributed by atoms with E-state index in [1.165, 1.54) is 7.11 Å². The van der Waals surface area contributed by atoms with Gasteiger partial charge in [-0.15, -0.1) is 0 Å². The predicted molar refractivity (Wildman–Crippen MR) is 70.1 cm³/mol. The minimum absolute atomic E-state index is 0.103. The molecule has 3 rings (SSSR count). The largest absolute Gasteiger partial charge is 0.480 e. The number of fused-ring (bicyclic) bond motifs is 1. The second-order valence-electron chi connectivity index (χ2n) is 4.67. The fourth-order valence-electron chi connectivity index (χ4n) is 2.46. The van der Waals surface area contributed by atoms with Crippen molar-refractivity contribution in [3.8, 4) is 5.88 Å². The van der Waals surface area contributed by atoms with Crippen LogP contribution in [0.5, 0.6) is 5.88 Å².